The molecule has 1 saturated heterocycles. The third-order valence-corrected chi connectivity index (χ3v) is 6.66. The largest absolute Gasteiger partial charge is 0.342 e. The summed E-state index contributed by atoms with van der Waals surface area (Å²) >= 11 is 0. The van der Waals surface area contributed by atoms with Crippen LogP contribution in [0.25, 0.3) is 0 Å². The van der Waals surface area contributed by atoms with E-state index in [2.05, 4.69) is 34.5 Å². The maximum absolute atomic E-state index is 12.3. The van der Waals surface area contributed by atoms with Crippen molar-refractivity contribution in [3.8, 4) is 0 Å². The molecule has 1 spiro atoms. The maximum Gasteiger partial charge on any atom is 0.252 e. The molecule has 23 heavy (non-hydrogen) atoms. The molecule has 1 aromatic carbocycles. The molecule has 122 valence electrons. The van der Waals surface area contributed by atoms with Crippen LogP contribution < -0.4 is 5.32 Å². The first-order valence-electron chi connectivity index (χ1n) is 9.06. The predicted octanol–water partition coefficient (Wildman–Crippen LogP) is 3.18. The van der Waals surface area contributed by atoms with Crippen molar-refractivity contribution < 1.29 is 6.22 Å². The zero-order chi connectivity index (χ0) is 15.4. The SMILES string of the molecule is O=C1NC2(CCN(CC3CC4C=CC3C4)CC2)c2ccccc21.[HH]. The first-order valence-corrected chi connectivity index (χ1v) is 9.06. The number of nitrogens with zero attached hydrogens (tertiary/aromatic N) is 1. The summed E-state index contributed by atoms with van der Waals surface area (Å²) in [4.78, 5) is 14.9. The first kappa shape index (κ1) is 13.8. The average molecular weight is 310 g/mol. The van der Waals surface area contributed by atoms with E-state index in [1.807, 2.05) is 12.1 Å². The summed E-state index contributed by atoms with van der Waals surface area (Å²) in [7, 11) is 0. The van der Waals surface area contributed by atoms with Crippen molar-refractivity contribution in [3.05, 3.63) is 47.5 Å². The fourth-order valence-corrected chi connectivity index (χ4v) is 5.40. The molecule has 3 unspecified atom stereocenters. The summed E-state index contributed by atoms with van der Waals surface area (Å²) in [5, 5.41) is 3.30. The van der Waals surface area contributed by atoms with Crippen LogP contribution in [0.1, 0.15) is 43.0 Å². The number of rotatable bonds is 2. The first-order chi connectivity index (χ1) is 11.2. The van der Waals surface area contributed by atoms with E-state index in [0.29, 0.717) is 0 Å². The fraction of sp³-hybridized carbons (Fsp3) is 0.550. The molecule has 4 aliphatic rings. The zero-order valence-corrected chi connectivity index (χ0v) is 13.5. The standard InChI is InChI=1S/C20H24N2O.H2/c23-19-17-3-1-2-4-18(17)20(21-19)7-9-22(10-8-20)13-16-12-14-5-6-15(16)11-14;/h1-6,14-16H,7-13H2,(H,21,23);1H. The minimum Gasteiger partial charge on any atom is -0.342 e. The number of carbonyl (C=O) groups is 1. The van der Waals surface area contributed by atoms with Crippen LogP contribution in [-0.4, -0.2) is 30.4 Å². The van der Waals surface area contributed by atoms with Gasteiger partial charge in [-0.05, 0) is 55.1 Å². The Bertz CT molecular complexity index is 678. The molecule has 1 N–H and O–H groups in total. The van der Waals surface area contributed by atoms with E-state index >= 15 is 0 Å². The molecule has 2 aliphatic carbocycles. The van der Waals surface area contributed by atoms with Crippen LogP contribution in [0.4, 0.5) is 0 Å². The summed E-state index contributed by atoms with van der Waals surface area (Å²) in [6.07, 6.45) is 9.77. The van der Waals surface area contributed by atoms with Crippen molar-refractivity contribution in [2.45, 2.75) is 31.2 Å². The summed E-state index contributed by atoms with van der Waals surface area (Å²) in [6.45, 7) is 3.45. The molecule has 5 rings (SSSR count). The second-order valence-electron chi connectivity index (χ2n) is 7.92. The maximum atomic E-state index is 12.3. The van der Waals surface area contributed by atoms with Gasteiger partial charge < -0.3 is 10.2 Å². The van der Waals surface area contributed by atoms with Gasteiger partial charge in [-0.2, -0.15) is 0 Å². The third kappa shape index (κ3) is 2.09. The number of hydrogen-bond acceptors (Lipinski definition) is 2. The molecule has 3 nitrogen and oxygen atoms in total. The molecule has 3 atom stereocenters. The van der Waals surface area contributed by atoms with E-state index < -0.39 is 0 Å². The lowest BCUT2D eigenvalue weighted by atomic mass is 9.81. The summed E-state index contributed by atoms with van der Waals surface area (Å²) in [5.41, 5.74) is 2.02. The van der Waals surface area contributed by atoms with Crippen molar-refractivity contribution in [2.24, 2.45) is 17.8 Å². The lowest BCUT2D eigenvalue weighted by Crippen LogP contribution is -2.50. The van der Waals surface area contributed by atoms with E-state index in [-0.39, 0.29) is 12.9 Å². The van der Waals surface area contributed by atoms with Gasteiger partial charge in [-0.1, -0.05) is 30.4 Å². The van der Waals surface area contributed by atoms with Crippen molar-refractivity contribution >= 4 is 5.91 Å². The number of benzene rings is 1. The van der Waals surface area contributed by atoms with Gasteiger partial charge in [0.15, 0.2) is 0 Å². The number of carbonyl (C=O) groups excluding carboxylic acids is 1. The molecule has 2 fully saturated rings. The van der Waals surface area contributed by atoms with Crippen molar-refractivity contribution in [2.75, 3.05) is 19.6 Å². The smallest absolute Gasteiger partial charge is 0.252 e. The van der Waals surface area contributed by atoms with E-state index in [1.165, 1.54) is 24.9 Å². The topological polar surface area (TPSA) is 32.3 Å². The van der Waals surface area contributed by atoms with Gasteiger partial charge >= 0.3 is 0 Å². The van der Waals surface area contributed by atoms with Crippen molar-refractivity contribution in [1.29, 1.82) is 0 Å². The number of fused-ring (bicyclic) bond motifs is 4. The number of amides is 1. The van der Waals surface area contributed by atoms with E-state index in [0.717, 1.165) is 49.2 Å². The van der Waals surface area contributed by atoms with Gasteiger partial charge in [0.2, 0.25) is 0 Å². The van der Waals surface area contributed by atoms with Gasteiger partial charge in [-0.3, -0.25) is 4.79 Å². The molecule has 1 aromatic rings. The molecular formula is C20H26N2O. The highest BCUT2D eigenvalue weighted by atomic mass is 16.2. The third-order valence-electron chi connectivity index (χ3n) is 6.66. The van der Waals surface area contributed by atoms with Gasteiger partial charge in [0.05, 0.1) is 5.54 Å². The van der Waals surface area contributed by atoms with Gasteiger partial charge in [0.1, 0.15) is 0 Å². The fourth-order valence-electron chi connectivity index (χ4n) is 5.40. The average Bonchev–Trinajstić information content (AvgIpc) is 3.25. The van der Waals surface area contributed by atoms with Crippen molar-refractivity contribution in [1.82, 2.24) is 10.2 Å². The normalized spacial score (nSPS) is 34.1. The summed E-state index contributed by atoms with van der Waals surface area (Å²) in [5.74, 6) is 2.68. The minimum atomic E-state index is -0.0985. The Labute approximate surface area is 139 Å². The Hall–Kier alpha value is -1.61. The van der Waals surface area contributed by atoms with Gasteiger partial charge in [0.25, 0.3) is 5.91 Å². The summed E-state index contributed by atoms with van der Waals surface area (Å²) < 4.78 is 0. The number of nitrogens with one attached hydrogen (secondary N) is 1. The molecule has 1 amide bonds. The monoisotopic (exact) mass is 310 g/mol. The molecular weight excluding hydrogens is 284 g/mol. The van der Waals surface area contributed by atoms with Crippen LogP contribution in [0.3, 0.4) is 0 Å². The second-order valence-corrected chi connectivity index (χ2v) is 7.92. The quantitative estimate of drug-likeness (QED) is 0.851. The van der Waals surface area contributed by atoms with Crippen LogP contribution in [0.2, 0.25) is 0 Å². The van der Waals surface area contributed by atoms with Crippen LogP contribution in [0.15, 0.2) is 36.4 Å². The molecule has 0 aromatic heterocycles. The molecule has 1 saturated carbocycles. The highest BCUT2D eigenvalue weighted by molar-refractivity contribution is 6.00. The minimum absolute atomic E-state index is 0. The van der Waals surface area contributed by atoms with E-state index in [4.69, 9.17) is 0 Å². The number of hydrogen-bond donors (Lipinski definition) is 1. The number of allylic oxidation sites excluding steroid dienone is 2. The second kappa shape index (κ2) is 4.94. The number of piperidine rings is 1. The Morgan fingerprint density at radius 1 is 1.17 bits per heavy atom. The van der Waals surface area contributed by atoms with Gasteiger partial charge in [-0.15, -0.1) is 0 Å². The van der Waals surface area contributed by atoms with Gasteiger partial charge in [0, 0.05) is 26.6 Å². The Morgan fingerprint density at radius 2 is 2.00 bits per heavy atom. The van der Waals surface area contributed by atoms with Crippen LogP contribution >= 0.6 is 0 Å². The highest BCUT2D eigenvalue weighted by Crippen LogP contribution is 2.45. The van der Waals surface area contributed by atoms with Gasteiger partial charge in [-0.25, -0.2) is 0 Å². The van der Waals surface area contributed by atoms with Crippen LogP contribution in [0.5, 0.6) is 0 Å². The Kier molecular flexibility index (Phi) is 2.96. The van der Waals surface area contributed by atoms with Crippen LogP contribution in [0, 0.1) is 17.8 Å². The van der Waals surface area contributed by atoms with Crippen molar-refractivity contribution in [3.63, 3.8) is 0 Å². The van der Waals surface area contributed by atoms with E-state index in [1.54, 1.807) is 0 Å². The van der Waals surface area contributed by atoms with Crippen LogP contribution in [-0.2, 0) is 5.54 Å². The lowest BCUT2D eigenvalue weighted by Gasteiger charge is -2.41. The summed E-state index contributed by atoms with van der Waals surface area (Å²) in [6, 6.07) is 8.14. The molecule has 3 heteroatoms. The Balaban J connectivity index is 0.00000146. The highest BCUT2D eigenvalue weighted by Gasteiger charge is 2.45. The zero-order valence-electron chi connectivity index (χ0n) is 13.5. The Morgan fingerprint density at radius 3 is 2.74 bits per heavy atom. The molecule has 2 aliphatic heterocycles. The predicted molar refractivity (Wildman–Crippen MR) is 92.2 cm³/mol. The lowest BCUT2D eigenvalue weighted by molar-refractivity contribution is 0.0838. The number of likely N-dealkylation sites (tertiary alicyclic amines) is 1. The molecule has 2 heterocycles. The van der Waals surface area contributed by atoms with E-state index in [9.17, 15) is 4.79 Å². The molecule has 0 radical (unpaired) electrons. The molecule has 2 bridgehead atoms.